The van der Waals surface area contributed by atoms with Crippen molar-refractivity contribution >= 4 is 28.7 Å². The summed E-state index contributed by atoms with van der Waals surface area (Å²) in [5.74, 6) is 0. The lowest BCUT2D eigenvalue weighted by molar-refractivity contribution is -0.697. The summed E-state index contributed by atoms with van der Waals surface area (Å²) >= 11 is 7.36. The first-order valence-electron chi connectivity index (χ1n) is 21.7. The molecule has 2 aliphatic heterocycles. The number of fused-ring (bicyclic) bond motifs is 2. The molecule has 0 bridgehead atoms. The monoisotopic (exact) mass is 779 g/mol. The molecular weight excluding hydrogens is 716 g/mol. The third kappa shape index (κ3) is 9.44. The number of halogens is 1. The Bertz CT molecular complexity index is 2140. The van der Waals surface area contributed by atoms with Crippen molar-refractivity contribution in [1.82, 2.24) is 0 Å². The maximum Gasteiger partial charge on any atom is 0.209 e. The van der Waals surface area contributed by atoms with Gasteiger partial charge >= 0.3 is 0 Å². The van der Waals surface area contributed by atoms with Crippen molar-refractivity contribution in [2.24, 2.45) is 0 Å². The third-order valence-corrected chi connectivity index (χ3v) is 13.1. The molecule has 5 heteroatoms. The molecule has 4 aromatic rings. The molecule has 0 amide bonds. The smallest absolute Gasteiger partial charge is 0.209 e. The van der Waals surface area contributed by atoms with Gasteiger partial charge in [0.2, 0.25) is 5.69 Å². The third-order valence-electron chi connectivity index (χ3n) is 12.6. The van der Waals surface area contributed by atoms with E-state index in [0.717, 1.165) is 50.5 Å². The van der Waals surface area contributed by atoms with Crippen LogP contribution in [0.15, 0.2) is 156 Å². The standard InChI is InChI=1S/C52H64ClN4/c1-51(2)44-26-11-13-28-46(44)56(40-21-7-5-15-34-54-36-17-9-18-37-54)48(51)32-30-42-24-23-25-43(50(42)53)31-33-49-52(3,4)45-27-12-14-29-47(45)57(49)41-22-8-6-16-35-55-38-19-10-20-39-55/h9-14,17-20,26-33,36-39H,5-8,15-16,21-25,34-35,40-41H2,1-4H3/q+3. The molecule has 4 heterocycles. The number of pyridine rings is 2. The van der Waals surface area contributed by atoms with Gasteiger partial charge in [-0.2, -0.15) is 4.58 Å². The molecule has 2 aromatic carbocycles. The molecule has 3 aliphatic rings. The van der Waals surface area contributed by atoms with Gasteiger partial charge in [-0.1, -0.05) is 92.6 Å². The Hall–Kier alpha value is -4.54. The Morgan fingerprint density at radius 1 is 0.596 bits per heavy atom. The zero-order chi connectivity index (χ0) is 39.7. The maximum absolute atomic E-state index is 7.36. The number of aromatic nitrogens is 2. The van der Waals surface area contributed by atoms with Crippen LogP contribution in [-0.4, -0.2) is 23.4 Å². The average Bonchev–Trinajstić information content (AvgIpc) is 3.58. The SMILES string of the molecule is CC1(C)C(/C=C/C2=C(Cl)C(=C/C=C3/N(CCCCCC[n+]4ccccc4)c4ccccc4C3(C)C)/CCC2)=[N+](CCCCCC[n+]2ccccc2)c2ccccc21. The van der Waals surface area contributed by atoms with E-state index in [1.165, 1.54) is 96.4 Å². The molecule has 0 N–H and O–H groups in total. The highest BCUT2D eigenvalue weighted by atomic mass is 35.5. The number of allylic oxidation sites excluding steroid dienone is 8. The van der Waals surface area contributed by atoms with Gasteiger partial charge in [0.1, 0.15) is 19.6 Å². The molecule has 2 aromatic heterocycles. The highest BCUT2D eigenvalue weighted by molar-refractivity contribution is 6.32. The number of nitrogens with zero attached hydrogens (tertiary/aromatic N) is 4. The zero-order valence-electron chi connectivity index (χ0n) is 35.0. The van der Waals surface area contributed by atoms with E-state index < -0.39 is 0 Å². The van der Waals surface area contributed by atoms with Gasteiger partial charge in [-0.15, -0.1) is 0 Å². The number of hydrogen-bond acceptors (Lipinski definition) is 1. The molecule has 0 saturated carbocycles. The van der Waals surface area contributed by atoms with Gasteiger partial charge in [0, 0.05) is 89.6 Å². The summed E-state index contributed by atoms with van der Waals surface area (Å²) in [6.07, 6.45) is 31.0. The van der Waals surface area contributed by atoms with E-state index in [4.69, 9.17) is 11.6 Å². The Morgan fingerprint density at radius 3 is 1.88 bits per heavy atom. The van der Waals surface area contributed by atoms with Crippen LogP contribution in [0.25, 0.3) is 0 Å². The van der Waals surface area contributed by atoms with Crippen molar-refractivity contribution in [3.05, 3.63) is 167 Å². The zero-order valence-corrected chi connectivity index (χ0v) is 35.7. The number of benzene rings is 2. The average molecular weight is 781 g/mol. The Labute approximate surface area is 348 Å². The Balaban J connectivity index is 1.06. The predicted octanol–water partition coefficient (Wildman–Crippen LogP) is 12.0. The molecule has 0 spiro atoms. The summed E-state index contributed by atoms with van der Waals surface area (Å²) in [5.41, 5.74) is 10.6. The Kier molecular flexibility index (Phi) is 13.4. The van der Waals surface area contributed by atoms with Crippen LogP contribution in [0.3, 0.4) is 0 Å². The molecule has 7 rings (SSSR count). The van der Waals surface area contributed by atoms with Crippen LogP contribution >= 0.6 is 11.6 Å². The fraction of sp³-hybridized carbons (Fsp3) is 0.404. The minimum Gasteiger partial charge on any atom is -0.344 e. The Morgan fingerprint density at radius 2 is 1.19 bits per heavy atom. The van der Waals surface area contributed by atoms with Crippen molar-refractivity contribution in [3.63, 3.8) is 0 Å². The van der Waals surface area contributed by atoms with E-state index in [1.54, 1.807) is 0 Å². The molecule has 0 saturated heterocycles. The van der Waals surface area contributed by atoms with Gasteiger partial charge in [-0.3, -0.25) is 0 Å². The van der Waals surface area contributed by atoms with E-state index in [9.17, 15) is 0 Å². The van der Waals surface area contributed by atoms with Gasteiger partial charge in [-0.25, -0.2) is 9.13 Å². The van der Waals surface area contributed by atoms with Crippen molar-refractivity contribution < 1.29 is 13.7 Å². The van der Waals surface area contributed by atoms with Crippen molar-refractivity contribution in [2.45, 2.75) is 122 Å². The second kappa shape index (κ2) is 18.8. The molecule has 4 nitrogen and oxygen atoms in total. The summed E-state index contributed by atoms with van der Waals surface area (Å²) in [5, 5.41) is 0.933. The number of unbranched alkanes of at least 4 members (excludes halogenated alkanes) is 6. The van der Waals surface area contributed by atoms with E-state index in [2.05, 4.69) is 180 Å². The first-order chi connectivity index (χ1) is 27.7. The lowest BCUT2D eigenvalue weighted by atomic mass is 9.81. The second-order valence-electron chi connectivity index (χ2n) is 17.3. The molecule has 296 valence electrons. The summed E-state index contributed by atoms with van der Waals surface area (Å²) in [6, 6.07) is 30.6. The van der Waals surface area contributed by atoms with Gasteiger partial charge in [0.05, 0.1) is 5.41 Å². The van der Waals surface area contributed by atoms with Crippen LogP contribution in [0.2, 0.25) is 0 Å². The largest absolute Gasteiger partial charge is 0.344 e. The van der Waals surface area contributed by atoms with E-state index in [0.29, 0.717) is 0 Å². The van der Waals surface area contributed by atoms with Crippen LogP contribution in [0.4, 0.5) is 11.4 Å². The van der Waals surface area contributed by atoms with Crippen LogP contribution in [0.5, 0.6) is 0 Å². The normalized spacial score (nSPS) is 18.6. The van der Waals surface area contributed by atoms with Crippen LogP contribution < -0.4 is 14.0 Å². The van der Waals surface area contributed by atoms with E-state index in [1.807, 2.05) is 0 Å². The minimum atomic E-state index is -0.0742. The number of hydrogen-bond donors (Lipinski definition) is 0. The van der Waals surface area contributed by atoms with Gasteiger partial charge < -0.3 is 4.90 Å². The van der Waals surface area contributed by atoms with Crippen LogP contribution in [0.1, 0.15) is 109 Å². The molecule has 0 unspecified atom stereocenters. The van der Waals surface area contributed by atoms with Crippen LogP contribution in [0, 0.1) is 0 Å². The molecular formula is C52H64ClN4+3. The summed E-state index contributed by atoms with van der Waals surface area (Å²) in [7, 11) is 0. The molecule has 0 atom stereocenters. The van der Waals surface area contributed by atoms with Crippen LogP contribution in [-0.2, 0) is 23.9 Å². The topological polar surface area (TPSA) is 14.0 Å². The quantitative estimate of drug-likeness (QED) is 0.0769. The first kappa shape index (κ1) is 40.6. The van der Waals surface area contributed by atoms with E-state index >= 15 is 0 Å². The van der Waals surface area contributed by atoms with Gasteiger partial charge in [0.25, 0.3) is 0 Å². The van der Waals surface area contributed by atoms with E-state index in [-0.39, 0.29) is 10.8 Å². The highest BCUT2D eigenvalue weighted by Crippen LogP contribution is 2.48. The summed E-state index contributed by atoms with van der Waals surface area (Å²) in [6.45, 7) is 13.8. The lowest BCUT2D eigenvalue weighted by Gasteiger charge is -2.27. The summed E-state index contributed by atoms with van der Waals surface area (Å²) < 4.78 is 7.17. The maximum atomic E-state index is 7.36. The minimum absolute atomic E-state index is 0.0742. The number of rotatable bonds is 17. The van der Waals surface area contributed by atoms with Crippen molar-refractivity contribution in [3.8, 4) is 0 Å². The molecule has 0 radical (unpaired) electrons. The fourth-order valence-corrected chi connectivity index (χ4v) is 9.65. The van der Waals surface area contributed by atoms with Gasteiger partial charge in [0.15, 0.2) is 30.5 Å². The summed E-state index contributed by atoms with van der Waals surface area (Å²) in [4.78, 5) is 2.59. The van der Waals surface area contributed by atoms with Crippen molar-refractivity contribution in [2.75, 3.05) is 18.0 Å². The number of aryl methyl sites for hydroxylation is 2. The second-order valence-corrected chi connectivity index (χ2v) is 17.7. The molecule has 57 heavy (non-hydrogen) atoms. The van der Waals surface area contributed by atoms with Crippen molar-refractivity contribution in [1.29, 1.82) is 0 Å². The molecule has 0 fully saturated rings. The first-order valence-corrected chi connectivity index (χ1v) is 22.1. The fourth-order valence-electron chi connectivity index (χ4n) is 9.33. The number of anilines is 1. The molecule has 1 aliphatic carbocycles. The van der Waals surface area contributed by atoms with Gasteiger partial charge in [-0.05, 0) is 87.6 Å². The lowest BCUT2D eigenvalue weighted by Crippen LogP contribution is -2.32. The predicted molar refractivity (Wildman–Crippen MR) is 238 cm³/mol. The number of para-hydroxylation sites is 2. The highest BCUT2D eigenvalue weighted by Gasteiger charge is 2.44.